The van der Waals surface area contributed by atoms with Gasteiger partial charge in [0, 0.05) is 25.6 Å². The van der Waals surface area contributed by atoms with Crippen molar-refractivity contribution in [3.63, 3.8) is 0 Å². The minimum Gasteiger partial charge on any atom is -0.481 e. The van der Waals surface area contributed by atoms with Crippen LogP contribution in [0.2, 0.25) is 0 Å². The van der Waals surface area contributed by atoms with Gasteiger partial charge in [0.2, 0.25) is 5.91 Å². The maximum absolute atomic E-state index is 12.1. The number of likely N-dealkylation sites (tertiary alicyclic amines) is 1. The Morgan fingerprint density at radius 3 is 2.65 bits per heavy atom. The van der Waals surface area contributed by atoms with Crippen molar-refractivity contribution in [3.05, 3.63) is 0 Å². The Kier molecular flexibility index (Phi) is 4.93. The van der Waals surface area contributed by atoms with E-state index in [4.69, 9.17) is 9.84 Å². The van der Waals surface area contributed by atoms with E-state index in [1.165, 1.54) is 0 Å². The van der Waals surface area contributed by atoms with Crippen LogP contribution in [0.1, 0.15) is 33.1 Å². The molecule has 0 aliphatic carbocycles. The van der Waals surface area contributed by atoms with Crippen LogP contribution in [0.3, 0.4) is 0 Å². The lowest BCUT2D eigenvalue weighted by Crippen LogP contribution is -2.40. The molecule has 17 heavy (non-hydrogen) atoms. The quantitative estimate of drug-likeness (QED) is 0.785. The molecule has 1 amide bonds. The number of ether oxygens (including phenoxy) is 1. The zero-order valence-corrected chi connectivity index (χ0v) is 10.7. The minimum atomic E-state index is -0.867. The Bertz CT molecular complexity index is 292. The Morgan fingerprint density at radius 2 is 2.18 bits per heavy atom. The molecule has 0 aromatic rings. The molecule has 0 bridgehead atoms. The van der Waals surface area contributed by atoms with Crippen molar-refractivity contribution in [2.45, 2.75) is 45.3 Å². The maximum atomic E-state index is 12.1. The monoisotopic (exact) mass is 243 g/mol. The lowest BCUT2D eigenvalue weighted by molar-refractivity contribution is -0.141. The molecule has 0 saturated carbocycles. The number of carboxylic acid groups (broad SMARTS) is 1. The van der Waals surface area contributed by atoms with Gasteiger partial charge in [-0.15, -0.1) is 0 Å². The molecule has 0 spiro atoms. The van der Waals surface area contributed by atoms with Crippen molar-refractivity contribution in [2.24, 2.45) is 5.92 Å². The molecular weight excluding hydrogens is 222 g/mol. The highest BCUT2D eigenvalue weighted by molar-refractivity contribution is 5.80. The van der Waals surface area contributed by atoms with Crippen LogP contribution in [0.15, 0.2) is 0 Å². The number of carbonyl (C=O) groups is 2. The van der Waals surface area contributed by atoms with Crippen molar-refractivity contribution in [1.82, 2.24) is 4.90 Å². The molecular formula is C12H21NO4. The average molecular weight is 243 g/mol. The van der Waals surface area contributed by atoms with Crippen molar-refractivity contribution >= 4 is 11.9 Å². The highest BCUT2D eigenvalue weighted by Gasteiger charge is 2.37. The normalized spacial score (nSPS) is 25.9. The first-order valence-corrected chi connectivity index (χ1v) is 6.04. The lowest BCUT2D eigenvalue weighted by atomic mass is 10.1. The molecule has 1 rings (SSSR count). The van der Waals surface area contributed by atoms with E-state index in [0.717, 1.165) is 6.42 Å². The van der Waals surface area contributed by atoms with Gasteiger partial charge in [-0.3, -0.25) is 9.59 Å². The fourth-order valence-electron chi connectivity index (χ4n) is 2.17. The fourth-order valence-corrected chi connectivity index (χ4v) is 2.17. The fraction of sp³-hybridized carbons (Fsp3) is 0.833. The number of nitrogens with zero attached hydrogens (tertiary/aromatic N) is 1. The van der Waals surface area contributed by atoms with E-state index in [9.17, 15) is 9.59 Å². The van der Waals surface area contributed by atoms with Gasteiger partial charge in [0.1, 0.15) is 0 Å². The van der Waals surface area contributed by atoms with E-state index in [1.807, 2.05) is 13.8 Å². The molecule has 98 valence electrons. The Hall–Kier alpha value is -1.10. The number of amides is 1. The first kappa shape index (κ1) is 14.0. The second-order valence-electron chi connectivity index (χ2n) is 4.64. The first-order chi connectivity index (χ1) is 7.99. The molecule has 0 aromatic heterocycles. The summed E-state index contributed by atoms with van der Waals surface area (Å²) in [6.45, 7) is 4.34. The van der Waals surface area contributed by atoms with Crippen LogP contribution in [0.5, 0.6) is 0 Å². The van der Waals surface area contributed by atoms with Gasteiger partial charge in [-0.2, -0.15) is 0 Å². The highest BCUT2D eigenvalue weighted by Crippen LogP contribution is 2.25. The molecule has 3 unspecified atom stereocenters. The van der Waals surface area contributed by atoms with Crippen molar-refractivity contribution in [2.75, 3.05) is 13.7 Å². The summed E-state index contributed by atoms with van der Waals surface area (Å²) < 4.78 is 5.23. The third-order valence-electron chi connectivity index (χ3n) is 3.44. The van der Waals surface area contributed by atoms with Crippen LogP contribution >= 0.6 is 0 Å². The van der Waals surface area contributed by atoms with Gasteiger partial charge in [-0.25, -0.2) is 0 Å². The van der Waals surface area contributed by atoms with Crippen LogP contribution in [-0.2, 0) is 14.3 Å². The van der Waals surface area contributed by atoms with E-state index < -0.39 is 5.97 Å². The smallest absolute Gasteiger partial charge is 0.305 e. The molecule has 3 atom stereocenters. The number of rotatable bonds is 5. The summed E-state index contributed by atoms with van der Waals surface area (Å²) in [5, 5.41) is 8.85. The van der Waals surface area contributed by atoms with Crippen molar-refractivity contribution in [3.8, 4) is 0 Å². The molecule has 1 fully saturated rings. The van der Waals surface area contributed by atoms with Crippen LogP contribution in [-0.4, -0.2) is 47.7 Å². The molecule has 5 heteroatoms. The Morgan fingerprint density at radius 1 is 1.53 bits per heavy atom. The largest absolute Gasteiger partial charge is 0.481 e. The average Bonchev–Trinajstić information content (AvgIpc) is 2.69. The number of aliphatic carboxylic acids is 1. The van der Waals surface area contributed by atoms with Gasteiger partial charge < -0.3 is 14.7 Å². The number of hydrogen-bond acceptors (Lipinski definition) is 3. The highest BCUT2D eigenvalue weighted by atomic mass is 16.5. The third kappa shape index (κ3) is 3.43. The first-order valence-electron chi connectivity index (χ1n) is 6.04. The van der Waals surface area contributed by atoms with E-state index in [-0.39, 0.29) is 30.4 Å². The molecule has 1 aliphatic rings. The van der Waals surface area contributed by atoms with Gasteiger partial charge in [-0.1, -0.05) is 13.8 Å². The van der Waals surface area contributed by atoms with E-state index >= 15 is 0 Å². The van der Waals surface area contributed by atoms with Gasteiger partial charge >= 0.3 is 5.97 Å². The van der Waals surface area contributed by atoms with E-state index in [2.05, 4.69) is 0 Å². The Balaban J connectivity index is 2.72. The zero-order valence-electron chi connectivity index (χ0n) is 10.7. The number of carboxylic acids is 1. The van der Waals surface area contributed by atoms with Gasteiger partial charge in [0.05, 0.1) is 12.5 Å². The van der Waals surface area contributed by atoms with Crippen LogP contribution in [0, 0.1) is 5.92 Å². The second kappa shape index (κ2) is 6.00. The lowest BCUT2D eigenvalue weighted by Gasteiger charge is -2.25. The SMILES string of the molecule is CCC(C)C(=O)N1CC(OC)CC1CC(=O)O. The molecule has 1 heterocycles. The van der Waals surface area contributed by atoms with Crippen LogP contribution < -0.4 is 0 Å². The summed E-state index contributed by atoms with van der Waals surface area (Å²) >= 11 is 0. The molecule has 1 aliphatic heterocycles. The topological polar surface area (TPSA) is 66.8 Å². The molecule has 0 aromatic carbocycles. The maximum Gasteiger partial charge on any atom is 0.305 e. The summed E-state index contributed by atoms with van der Waals surface area (Å²) in [6.07, 6.45) is 1.35. The number of methoxy groups -OCH3 is 1. The van der Waals surface area contributed by atoms with E-state index in [0.29, 0.717) is 13.0 Å². The minimum absolute atomic E-state index is 0.00202. The predicted octanol–water partition coefficient (Wildman–Crippen LogP) is 1.12. The summed E-state index contributed by atoms with van der Waals surface area (Å²) in [5.74, 6) is -0.881. The Labute approximate surface area is 102 Å². The third-order valence-corrected chi connectivity index (χ3v) is 3.44. The number of hydrogen-bond donors (Lipinski definition) is 1. The van der Waals surface area contributed by atoms with Crippen LogP contribution in [0.4, 0.5) is 0 Å². The van der Waals surface area contributed by atoms with Gasteiger partial charge in [0.15, 0.2) is 0 Å². The standard InChI is InChI=1S/C12H21NO4/c1-4-8(2)12(16)13-7-10(17-3)5-9(13)6-11(14)15/h8-10H,4-7H2,1-3H3,(H,14,15). The van der Waals surface area contributed by atoms with Gasteiger partial charge in [-0.05, 0) is 12.8 Å². The van der Waals surface area contributed by atoms with Crippen molar-refractivity contribution < 1.29 is 19.4 Å². The molecule has 1 saturated heterocycles. The summed E-state index contributed by atoms with van der Waals surface area (Å²) in [6, 6.07) is -0.223. The zero-order chi connectivity index (χ0) is 13.0. The predicted molar refractivity (Wildman–Crippen MR) is 62.6 cm³/mol. The second-order valence-corrected chi connectivity index (χ2v) is 4.64. The number of carbonyl (C=O) groups excluding carboxylic acids is 1. The molecule has 1 N–H and O–H groups in total. The summed E-state index contributed by atoms with van der Waals surface area (Å²) in [4.78, 5) is 24.6. The van der Waals surface area contributed by atoms with E-state index in [1.54, 1.807) is 12.0 Å². The molecule has 0 radical (unpaired) electrons. The molecule has 5 nitrogen and oxygen atoms in total. The van der Waals surface area contributed by atoms with Gasteiger partial charge in [0.25, 0.3) is 0 Å². The van der Waals surface area contributed by atoms with Crippen LogP contribution in [0.25, 0.3) is 0 Å². The van der Waals surface area contributed by atoms with Crippen molar-refractivity contribution in [1.29, 1.82) is 0 Å². The summed E-state index contributed by atoms with van der Waals surface area (Å²) in [7, 11) is 1.60. The summed E-state index contributed by atoms with van der Waals surface area (Å²) in [5.41, 5.74) is 0.